The fourth-order valence-electron chi connectivity index (χ4n) is 5.23. The molecule has 1 saturated heterocycles. The van der Waals surface area contributed by atoms with Crippen LogP contribution in [0.2, 0.25) is 0 Å². The molecule has 0 spiro atoms. The van der Waals surface area contributed by atoms with E-state index in [1.165, 1.54) is 16.0 Å². The second kappa shape index (κ2) is 7.69. The molecule has 3 aliphatic rings. The lowest BCUT2D eigenvalue weighted by Gasteiger charge is -2.31. The third-order valence-corrected chi connectivity index (χ3v) is 7.05. The zero-order chi connectivity index (χ0) is 22.5. The van der Waals surface area contributed by atoms with E-state index in [1.54, 1.807) is 0 Å². The van der Waals surface area contributed by atoms with E-state index >= 15 is 0 Å². The number of carbonyl (C=O) groups is 2. The highest BCUT2D eigenvalue weighted by Crippen LogP contribution is 2.41. The fourth-order valence-corrected chi connectivity index (χ4v) is 5.23. The minimum Gasteiger partial charge on any atom is -0.347 e. The van der Waals surface area contributed by atoms with E-state index in [0.29, 0.717) is 18.8 Å². The molecule has 4 atom stereocenters. The van der Waals surface area contributed by atoms with E-state index in [4.69, 9.17) is 5.10 Å². The largest absolute Gasteiger partial charge is 0.347 e. The predicted octanol–water partition coefficient (Wildman–Crippen LogP) is 4.19. The van der Waals surface area contributed by atoms with Crippen LogP contribution in [0.25, 0.3) is 0 Å². The number of hydrogen-bond donors (Lipinski definition) is 1. The Kier molecular flexibility index (Phi) is 4.64. The average Bonchev–Trinajstić information content (AvgIpc) is 3.38. The number of amides is 2. The standard InChI is InChI=1S/C26H25N5O2/c1-16-11-13-17(14-12-16)21-15-22(18-7-3-2-4-8-18)31-25(27-21)28-26(29-31)30-23(32)19-9-5-6-10-20(19)24(30)33/h2-8,11-14,19-22H,9-10,15H2,1H3,(H,27,28,29)/t19-,20-,21+,22+/m0/s1. The summed E-state index contributed by atoms with van der Waals surface area (Å²) in [6.07, 6.45) is 5.95. The third kappa shape index (κ3) is 3.26. The Morgan fingerprint density at radius 3 is 2.21 bits per heavy atom. The van der Waals surface area contributed by atoms with Gasteiger partial charge in [-0.1, -0.05) is 72.3 Å². The molecule has 7 heteroatoms. The van der Waals surface area contributed by atoms with Crippen LogP contribution in [0.1, 0.15) is 48.0 Å². The first-order chi connectivity index (χ1) is 16.1. The van der Waals surface area contributed by atoms with Gasteiger partial charge in [-0.25, -0.2) is 9.58 Å². The number of benzene rings is 2. The summed E-state index contributed by atoms with van der Waals surface area (Å²) in [6, 6.07) is 18.6. The van der Waals surface area contributed by atoms with Gasteiger partial charge in [0, 0.05) is 0 Å². The molecular weight excluding hydrogens is 414 g/mol. The molecule has 1 N–H and O–H groups in total. The van der Waals surface area contributed by atoms with Crippen molar-refractivity contribution in [1.82, 2.24) is 14.8 Å². The Labute approximate surface area is 192 Å². The monoisotopic (exact) mass is 439 g/mol. The molecule has 0 radical (unpaired) electrons. The molecule has 0 saturated carbocycles. The third-order valence-electron chi connectivity index (χ3n) is 7.05. The number of aromatic nitrogens is 3. The second-order valence-corrected chi connectivity index (χ2v) is 9.12. The van der Waals surface area contributed by atoms with E-state index < -0.39 is 0 Å². The van der Waals surface area contributed by atoms with Crippen molar-refractivity contribution in [2.24, 2.45) is 11.8 Å². The van der Waals surface area contributed by atoms with E-state index in [-0.39, 0.29) is 41.7 Å². The molecule has 0 unspecified atom stereocenters. The van der Waals surface area contributed by atoms with Gasteiger partial charge in [0.2, 0.25) is 17.8 Å². The lowest BCUT2D eigenvalue weighted by atomic mass is 9.85. The summed E-state index contributed by atoms with van der Waals surface area (Å²) in [4.78, 5) is 32.1. The Morgan fingerprint density at radius 1 is 0.879 bits per heavy atom. The highest BCUT2D eigenvalue weighted by atomic mass is 16.2. The van der Waals surface area contributed by atoms with Gasteiger partial charge in [-0.05, 0) is 37.3 Å². The van der Waals surface area contributed by atoms with Crippen molar-refractivity contribution in [2.75, 3.05) is 10.2 Å². The summed E-state index contributed by atoms with van der Waals surface area (Å²) in [6.45, 7) is 2.07. The summed E-state index contributed by atoms with van der Waals surface area (Å²) >= 11 is 0. The zero-order valence-electron chi connectivity index (χ0n) is 18.4. The molecule has 7 nitrogen and oxygen atoms in total. The first kappa shape index (κ1) is 19.9. The van der Waals surface area contributed by atoms with Crippen molar-refractivity contribution in [2.45, 2.75) is 38.3 Å². The minimum absolute atomic E-state index is 0.0390. The summed E-state index contributed by atoms with van der Waals surface area (Å²) in [7, 11) is 0. The first-order valence-corrected chi connectivity index (χ1v) is 11.5. The van der Waals surface area contributed by atoms with Gasteiger partial charge in [0.05, 0.1) is 23.9 Å². The maximum Gasteiger partial charge on any atom is 0.260 e. The van der Waals surface area contributed by atoms with Crippen LogP contribution in [0.3, 0.4) is 0 Å². The van der Waals surface area contributed by atoms with Crippen LogP contribution >= 0.6 is 0 Å². The van der Waals surface area contributed by atoms with Gasteiger partial charge >= 0.3 is 0 Å². The normalized spacial score (nSPS) is 26.2. The van der Waals surface area contributed by atoms with E-state index in [1.807, 2.05) is 35.0 Å². The molecule has 2 aliphatic heterocycles. The Hall–Kier alpha value is -3.74. The molecule has 3 heterocycles. The molecule has 2 aromatic carbocycles. The number of nitrogens with one attached hydrogen (secondary N) is 1. The van der Waals surface area contributed by atoms with E-state index in [9.17, 15) is 9.59 Å². The van der Waals surface area contributed by atoms with Gasteiger partial charge in [-0.3, -0.25) is 9.59 Å². The van der Waals surface area contributed by atoms with Crippen molar-refractivity contribution in [3.63, 3.8) is 0 Å². The van der Waals surface area contributed by atoms with Crippen molar-refractivity contribution < 1.29 is 9.59 Å². The second-order valence-electron chi connectivity index (χ2n) is 9.12. The summed E-state index contributed by atoms with van der Waals surface area (Å²) in [5, 5.41) is 8.19. The number of anilines is 2. The molecule has 6 rings (SSSR count). The maximum atomic E-state index is 13.1. The summed E-state index contributed by atoms with van der Waals surface area (Å²) in [5.74, 6) is -0.244. The van der Waals surface area contributed by atoms with Gasteiger partial charge in [-0.2, -0.15) is 4.98 Å². The Balaban J connectivity index is 1.40. The van der Waals surface area contributed by atoms with Crippen molar-refractivity contribution in [3.8, 4) is 0 Å². The van der Waals surface area contributed by atoms with Crippen LogP contribution < -0.4 is 10.2 Å². The van der Waals surface area contributed by atoms with Crippen LogP contribution in [0.4, 0.5) is 11.9 Å². The number of carbonyl (C=O) groups excluding carboxylic acids is 2. The topological polar surface area (TPSA) is 80.1 Å². The lowest BCUT2D eigenvalue weighted by Crippen LogP contribution is -2.32. The molecule has 166 valence electrons. The molecule has 3 aromatic rings. The highest BCUT2D eigenvalue weighted by Gasteiger charge is 2.49. The number of fused-ring (bicyclic) bond motifs is 2. The van der Waals surface area contributed by atoms with Crippen molar-refractivity contribution >= 4 is 23.7 Å². The number of imide groups is 1. The van der Waals surface area contributed by atoms with E-state index in [2.05, 4.69) is 53.6 Å². The molecule has 2 amide bonds. The Morgan fingerprint density at radius 2 is 1.55 bits per heavy atom. The van der Waals surface area contributed by atoms with Crippen LogP contribution in [0, 0.1) is 18.8 Å². The average molecular weight is 440 g/mol. The Bertz CT molecular complexity index is 1220. The van der Waals surface area contributed by atoms with Gasteiger partial charge in [-0.15, -0.1) is 5.10 Å². The van der Waals surface area contributed by atoms with Gasteiger partial charge in [0.25, 0.3) is 5.95 Å². The molecule has 1 aromatic heterocycles. The van der Waals surface area contributed by atoms with Gasteiger partial charge < -0.3 is 5.32 Å². The van der Waals surface area contributed by atoms with E-state index in [0.717, 1.165) is 12.0 Å². The smallest absolute Gasteiger partial charge is 0.260 e. The van der Waals surface area contributed by atoms with Crippen LogP contribution in [0.15, 0.2) is 66.7 Å². The summed E-state index contributed by atoms with van der Waals surface area (Å²) < 4.78 is 1.83. The number of rotatable bonds is 3. The number of hydrogen-bond acceptors (Lipinski definition) is 5. The first-order valence-electron chi connectivity index (χ1n) is 11.5. The number of aryl methyl sites for hydroxylation is 1. The molecule has 1 fully saturated rings. The molecule has 0 bridgehead atoms. The number of allylic oxidation sites excluding steroid dienone is 2. The zero-order valence-corrected chi connectivity index (χ0v) is 18.4. The fraction of sp³-hybridized carbons (Fsp3) is 0.308. The number of nitrogens with zero attached hydrogens (tertiary/aromatic N) is 4. The quantitative estimate of drug-likeness (QED) is 0.489. The minimum atomic E-state index is -0.304. The van der Waals surface area contributed by atoms with Crippen molar-refractivity contribution in [3.05, 3.63) is 83.4 Å². The molecule has 1 aliphatic carbocycles. The van der Waals surface area contributed by atoms with Crippen molar-refractivity contribution in [1.29, 1.82) is 0 Å². The highest BCUT2D eigenvalue weighted by molar-refractivity contribution is 6.21. The summed E-state index contributed by atoms with van der Waals surface area (Å²) in [5.41, 5.74) is 3.50. The molecular formula is C26H25N5O2. The van der Waals surface area contributed by atoms with Crippen LogP contribution in [-0.4, -0.2) is 26.6 Å². The predicted molar refractivity (Wildman–Crippen MR) is 125 cm³/mol. The SMILES string of the molecule is Cc1ccc([C@H]2C[C@H](c3ccccc3)n3nc(N4C(=O)[C@H]5CC=CC[C@@H]5C4=O)nc3N2)cc1. The maximum absolute atomic E-state index is 13.1. The molecule has 33 heavy (non-hydrogen) atoms. The van der Waals surface area contributed by atoms with Gasteiger partial charge in [0.1, 0.15) is 0 Å². The van der Waals surface area contributed by atoms with Gasteiger partial charge in [0.15, 0.2) is 0 Å². The lowest BCUT2D eigenvalue weighted by molar-refractivity contribution is -0.122. The van der Waals surface area contributed by atoms with Crippen LogP contribution in [-0.2, 0) is 9.59 Å². The van der Waals surface area contributed by atoms with Crippen LogP contribution in [0.5, 0.6) is 0 Å².